The predicted octanol–water partition coefficient (Wildman–Crippen LogP) is 1.66. The van der Waals surface area contributed by atoms with Gasteiger partial charge in [0, 0.05) is 12.4 Å². The highest BCUT2D eigenvalue weighted by molar-refractivity contribution is 5.38. The van der Waals surface area contributed by atoms with Crippen LogP contribution in [0.5, 0.6) is 0 Å². The normalized spacial score (nSPS) is 12.3. The lowest BCUT2D eigenvalue weighted by Gasteiger charge is -2.07. The second kappa shape index (κ2) is 6.06. The van der Waals surface area contributed by atoms with Crippen LogP contribution in [0.3, 0.4) is 0 Å². The maximum Gasteiger partial charge on any atom is 0.322 e. The molecule has 0 aliphatic carbocycles. The number of hydrogen-bond donors (Lipinski definition) is 2. The molecule has 18 heavy (non-hydrogen) atoms. The van der Waals surface area contributed by atoms with Crippen LogP contribution in [0.1, 0.15) is 32.2 Å². The Hall–Kier alpha value is -2.02. The number of aromatic nitrogens is 4. The highest BCUT2D eigenvalue weighted by Crippen LogP contribution is 2.15. The smallest absolute Gasteiger partial charge is 0.322 e. The van der Waals surface area contributed by atoms with Gasteiger partial charge in [0.15, 0.2) is 0 Å². The van der Waals surface area contributed by atoms with Gasteiger partial charge in [0.05, 0.1) is 6.04 Å². The Bertz CT molecular complexity index is 471. The lowest BCUT2D eigenvalue weighted by molar-refractivity contribution is 0.424. The van der Waals surface area contributed by atoms with Crippen LogP contribution in [0, 0.1) is 0 Å². The van der Waals surface area contributed by atoms with Gasteiger partial charge in [-0.25, -0.2) is 9.97 Å². The summed E-state index contributed by atoms with van der Waals surface area (Å²) in [5.74, 6) is 0.976. The molecule has 2 aromatic rings. The lowest BCUT2D eigenvalue weighted by atomic mass is 10.3. The zero-order valence-corrected chi connectivity index (χ0v) is 10.4. The summed E-state index contributed by atoms with van der Waals surface area (Å²) in [5, 5.41) is 14.0. The number of rotatable bonds is 6. The van der Waals surface area contributed by atoms with Crippen molar-refractivity contribution in [3.8, 4) is 0 Å². The van der Waals surface area contributed by atoms with Gasteiger partial charge in [-0.2, -0.15) is 0 Å². The summed E-state index contributed by atoms with van der Waals surface area (Å²) >= 11 is 0. The molecule has 0 fully saturated rings. The van der Waals surface area contributed by atoms with Gasteiger partial charge in [-0.3, -0.25) is 5.32 Å². The van der Waals surface area contributed by atoms with Crippen molar-refractivity contribution >= 4 is 12.0 Å². The highest BCUT2D eigenvalue weighted by atomic mass is 16.4. The molecule has 0 radical (unpaired) electrons. The number of nitrogens with zero attached hydrogens (tertiary/aromatic N) is 4. The van der Waals surface area contributed by atoms with Crippen LogP contribution < -0.4 is 10.6 Å². The quantitative estimate of drug-likeness (QED) is 0.803. The number of nitrogens with one attached hydrogen (secondary N) is 2. The van der Waals surface area contributed by atoms with Crippen molar-refractivity contribution in [2.24, 2.45) is 0 Å². The van der Waals surface area contributed by atoms with Gasteiger partial charge >= 0.3 is 6.01 Å². The third-order valence-corrected chi connectivity index (χ3v) is 2.30. The Morgan fingerprint density at radius 3 is 2.78 bits per heavy atom. The predicted molar refractivity (Wildman–Crippen MR) is 66.3 cm³/mol. The average molecular weight is 248 g/mol. The van der Waals surface area contributed by atoms with Crippen LogP contribution in [0.25, 0.3) is 0 Å². The van der Waals surface area contributed by atoms with E-state index in [1.165, 1.54) is 0 Å². The fourth-order valence-electron chi connectivity index (χ4n) is 1.37. The molecule has 0 aliphatic rings. The van der Waals surface area contributed by atoms with E-state index in [0.29, 0.717) is 17.9 Å². The van der Waals surface area contributed by atoms with E-state index in [0.717, 1.165) is 13.0 Å². The molecule has 0 saturated carbocycles. The first-order valence-corrected chi connectivity index (χ1v) is 5.90. The Morgan fingerprint density at radius 2 is 2.06 bits per heavy atom. The second-order valence-corrected chi connectivity index (χ2v) is 3.82. The van der Waals surface area contributed by atoms with Gasteiger partial charge in [-0.15, -0.1) is 5.10 Å². The third kappa shape index (κ3) is 3.24. The first-order chi connectivity index (χ1) is 8.79. The SMILES string of the molecule is CCCNC(C)c1nnc(Nc2ncccn2)o1. The largest absolute Gasteiger partial charge is 0.406 e. The molecule has 2 heterocycles. The van der Waals surface area contributed by atoms with Crippen LogP contribution in [0.15, 0.2) is 22.9 Å². The van der Waals surface area contributed by atoms with E-state index in [2.05, 4.69) is 37.7 Å². The van der Waals surface area contributed by atoms with Gasteiger partial charge in [0.25, 0.3) is 0 Å². The summed E-state index contributed by atoms with van der Waals surface area (Å²) < 4.78 is 5.47. The van der Waals surface area contributed by atoms with E-state index in [9.17, 15) is 0 Å². The number of anilines is 2. The molecule has 2 aromatic heterocycles. The van der Waals surface area contributed by atoms with Crippen molar-refractivity contribution in [3.63, 3.8) is 0 Å². The second-order valence-electron chi connectivity index (χ2n) is 3.82. The molecule has 0 aromatic carbocycles. The molecule has 0 amide bonds. The number of hydrogen-bond acceptors (Lipinski definition) is 7. The van der Waals surface area contributed by atoms with Crippen LogP contribution in [-0.2, 0) is 0 Å². The van der Waals surface area contributed by atoms with Crippen LogP contribution in [0.4, 0.5) is 12.0 Å². The van der Waals surface area contributed by atoms with E-state index in [1.54, 1.807) is 18.5 Å². The Kier molecular flexibility index (Phi) is 4.19. The Labute approximate surface area is 105 Å². The molecule has 7 heteroatoms. The van der Waals surface area contributed by atoms with E-state index in [4.69, 9.17) is 4.42 Å². The molecule has 0 saturated heterocycles. The minimum absolute atomic E-state index is 0.0321. The Morgan fingerprint density at radius 1 is 1.28 bits per heavy atom. The van der Waals surface area contributed by atoms with E-state index in [1.807, 2.05) is 6.92 Å². The van der Waals surface area contributed by atoms with Gasteiger partial charge in [0.1, 0.15) is 0 Å². The first kappa shape index (κ1) is 12.4. The first-order valence-electron chi connectivity index (χ1n) is 5.90. The molecule has 1 unspecified atom stereocenters. The summed E-state index contributed by atoms with van der Waals surface area (Å²) in [5.41, 5.74) is 0. The van der Waals surface area contributed by atoms with E-state index < -0.39 is 0 Å². The van der Waals surface area contributed by atoms with Crippen molar-refractivity contribution < 1.29 is 4.42 Å². The molecular weight excluding hydrogens is 232 g/mol. The zero-order valence-electron chi connectivity index (χ0n) is 10.4. The van der Waals surface area contributed by atoms with Crippen molar-refractivity contribution in [1.82, 2.24) is 25.5 Å². The minimum atomic E-state index is 0.0321. The fraction of sp³-hybridized carbons (Fsp3) is 0.455. The molecular formula is C11H16N6O. The van der Waals surface area contributed by atoms with Gasteiger partial charge in [0.2, 0.25) is 11.8 Å². The molecule has 96 valence electrons. The summed E-state index contributed by atoms with van der Waals surface area (Å²) in [6.07, 6.45) is 4.33. The maximum atomic E-state index is 5.47. The van der Waals surface area contributed by atoms with Crippen molar-refractivity contribution in [3.05, 3.63) is 24.4 Å². The van der Waals surface area contributed by atoms with Crippen molar-refractivity contribution in [2.75, 3.05) is 11.9 Å². The van der Waals surface area contributed by atoms with Crippen LogP contribution in [0.2, 0.25) is 0 Å². The lowest BCUT2D eigenvalue weighted by Crippen LogP contribution is -2.19. The van der Waals surface area contributed by atoms with E-state index >= 15 is 0 Å². The van der Waals surface area contributed by atoms with E-state index in [-0.39, 0.29) is 6.04 Å². The third-order valence-electron chi connectivity index (χ3n) is 2.30. The minimum Gasteiger partial charge on any atom is -0.406 e. The molecule has 0 spiro atoms. The molecule has 0 bridgehead atoms. The summed E-state index contributed by atoms with van der Waals surface area (Å²) in [7, 11) is 0. The zero-order chi connectivity index (χ0) is 12.8. The van der Waals surface area contributed by atoms with Gasteiger partial charge in [-0.05, 0) is 26.0 Å². The molecule has 2 rings (SSSR count). The molecule has 7 nitrogen and oxygen atoms in total. The standard InChI is InChI=1S/C11H16N6O/c1-3-5-12-8(2)9-16-17-11(18-9)15-10-13-6-4-7-14-10/h4,6-8,12H,3,5H2,1-2H3,(H,13,14,15,17). The fourth-order valence-corrected chi connectivity index (χ4v) is 1.37. The topological polar surface area (TPSA) is 88.8 Å². The summed E-state index contributed by atoms with van der Waals surface area (Å²) in [6, 6.07) is 2.06. The molecule has 0 aliphatic heterocycles. The van der Waals surface area contributed by atoms with Crippen LogP contribution in [-0.4, -0.2) is 26.7 Å². The molecule has 1 atom stereocenters. The van der Waals surface area contributed by atoms with Crippen LogP contribution >= 0.6 is 0 Å². The highest BCUT2D eigenvalue weighted by Gasteiger charge is 2.13. The Balaban J connectivity index is 1.98. The van der Waals surface area contributed by atoms with Crippen molar-refractivity contribution in [1.29, 1.82) is 0 Å². The maximum absolute atomic E-state index is 5.47. The van der Waals surface area contributed by atoms with Crippen molar-refractivity contribution in [2.45, 2.75) is 26.3 Å². The molecule has 2 N–H and O–H groups in total. The summed E-state index contributed by atoms with van der Waals surface area (Å²) in [6.45, 7) is 4.99. The van der Waals surface area contributed by atoms with Gasteiger partial charge in [-0.1, -0.05) is 12.0 Å². The monoisotopic (exact) mass is 248 g/mol. The average Bonchev–Trinajstić information content (AvgIpc) is 2.86. The van der Waals surface area contributed by atoms with Gasteiger partial charge < -0.3 is 9.73 Å². The summed E-state index contributed by atoms with van der Waals surface area (Å²) in [4.78, 5) is 8.02.